The molecule has 1 rings (SSSR count). The van der Waals surface area contributed by atoms with Gasteiger partial charge < -0.3 is 5.11 Å². The average Bonchev–Trinajstić information content (AvgIpc) is 2.19. The van der Waals surface area contributed by atoms with Crippen LogP contribution in [0.3, 0.4) is 0 Å². The zero-order chi connectivity index (χ0) is 10.7. The third-order valence-corrected chi connectivity index (χ3v) is 1.62. The Labute approximate surface area is 78.4 Å². The smallest absolute Gasteiger partial charge is 0.168 e. The summed E-state index contributed by atoms with van der Waals surface area (Å²) in [7, 11) is 0. The molecule has 0 heterocycles. The molecular weight excluding hydrogens is 190 g/mol. The molecule has 1 aromatic carbocycles. The van der Waals surface area contributed by atoms with E-state index in [0.717, 1.165) is 0 Å². The summed E-state index contributed by atoms with van der Waals surface area (Å²) in [6.07, 6.45) is -1.72. The number of aliphatic hydroxyl groups is 1. The molecule has 1 aromatic rings. The van der Waals surface area contributed by atoms with Crippen LogP contribution in [0.15, 0.2) is 12.1 Å². The second-order valence-electron chi connectivity index (χ2n) is 2.50. The summed E-state index contributed by atoms with van der Waals surface area (Å²) in [5, 5.41) is 25.6. The number of hydrogen-bond acceptors (Lipinski definition) is 3. The number of rotatable bonds is 1. The number of halogens is 2. The van der Waals surface area contributed by atoms with Crippen molar-refractivity contribution in [3.63, 3.8) is 0 Å². The van der Waals surface area contributed by atoms with Crippen molar-refractivity contribution in [1.82, 2.24) is 0 Å². The quantitative estimate of drug-likeness (QED) is 0.687. The van der Waals surface area contributed by atoms with Gasteiger partial charge in [-0.05, 0) is 12.1 Å². The summed E-state index contributed by atoms with van der Waals surface area (Å²) in [4.78, 5) is 0. The van der Waals surface area contributed by atoms with Gasteiger partial charge in [0.15, 0.2) is 6.10 Å². The Morgan fingerprint density at radius 1 is 1.21 bits per heavy atom. The van der Waals surface area contributed by atoms with Crippen LogP contribution in [0, 0.1) is 34.3 Å². The molecule has 0 amide bonds. The Kier molecular flexibility index (Phi) is 2.76. The molecule has 3 nitrogen and oxygen atoms in total. The van der Waals surface area contributed by atoms with Crippen LogP contribution in [0.5, 0.6) is 0 Å². The third-order valence-electron chi connectivity index (χ3n) is 1.62. The molecule has 0 aliphatic rings. The van der Waals surface area contributed by atoms with Crippen LogP contribution < -0.4 is 0 Å². The molecule has 0 saturated heterocycles. The first-order chi connectivity index (χ1) is 6.60. The number of nitriles is 2. The molecule has 0 saturated carbocycles. The van der Waals surface area contributed by atoms with Crippen molar-refractivity contribution in [2.75, 3.05) is 0 Å². The largest absolute Gasteiger partial charge is 0.374 e. The monoisotopic (exact) mass is 194 g/mol. The van der Waals surface area contributed by atoms with Gasteiger partial charge in [-0.2, -0.15) is 10.5 Å². The van der Waals surface area contributed by atoms with Crippen LogP contribution in [0.1, 0.15) is 17.2 Å². The highest BCUT2D eigenvalue weighted by Crippen LogP contribution is 2.20. The Bertz CT molecular complexity index is 445. The Morgan fingerprint density at radius 2 is 1.86 bits per heavy atom. The van der Waals surface area contributed by atoms with E-state index in [1.54, 1.807) is 0 Å². The van der Waals surface area contributed by atoms with Crippen molar-refractivity contribution in [3.05, 3.63) is 34.9 Å². The molecular formula is C9H4F2N2O. The Morgan fingerprint density at radius 3 is 2.36 bits per heavy atom. The third kappa shape index (κ3) is 1.68. The standard InChI is InChI=1S/C9H4F2N2O/c10-7-2-6(9(14)4-13)8(11)1-5(7)3-12/h1-2,9,14H. The van der Waals surface area contributed by atoms with E-state index >= 15 is 0 Å². The summed E-state index contributed by atoms with van der Waals surface area (Å²) in [5.74, 6) is -1.94. The second kappa shape index (κ2) is 3.82. The van der Waals surface area contributed by atoms with Crippen LogP contribution >= 0.6 is 0 Å². The molecule has 0 fully saturated rings. The summed E-state index contributed by atoms with van der Waals surface area (Å²) in [6.45, 7) is 0. The van der Waals surface area contributed by atoms with E-state index in [0.29, 0.717) is 12.1 Å². The van der Waals surface area contributed by atoms with E-state index in [2.05, 4.69) is 0 Å². The van der Waals surface area contributed by atoms with Gasteiger partial charge in [0.05, 0.1) is 11.6 Å². The van der Waals surface area contributed by atoms with Gasteiger partial charge in [-0.1, -0.05) is 0 Å². The van der Waals surface area contributed by atoms with Crippen molar-refractivity contribution < 1.29 is 13.9 Å². The minimum Gasteiger partial charge on any atom is -0.374 e. The molecule has 0 aliphatic heterocycles. The maximum atomic E-state index is 13.0. The SMILES string of the molecule is N#Cc1cc(F)c(C(O)C#N)cc1F. The van der Waals surface area contributed by atoms with Crippen molar-refractivity contribution >= 4 is 0 Å². The minimum absolute atomic E-state index is 0.462. The van der Waals surface area contributed by atoms with Crippen LogP contribution in [0.2, 0.25) is 0 Å². The fraction of sp³-hybridized carbons (Fsp3) is 0.111. The predicted octanol–water partition coefficient (Wildman–Crippen LogP) is 1.39. The molecule has 1 N–H and O–H groups in total. The lowest BCUT2D eigenvalue weighted by Gasteiger charge is -2.04. The topological polar surface area (TPSA) is 67.8 Å². The highest BCUT2D eigenvalue weighted by atomic mass is 19.1. The van der Waals surface area contributed by atoms with E-state index < -0.39 is 28.9 Å². The van der Waals surface area contributed by atoms with Crippen LogP contribution in [0.4, 0.5) is 8.78 Å². The fourth-order valence-corrected chi connectivity index (χ4v) is 0.927. The number of aliphatic hydroxyl groups excluding tert-OH is 1. The molecule has 1 atom stereocenters. The molecule has 1 unspecified atom stereocenters. The maximum absolute atomic E-state index is 13.0. The van der Waals surface area contributed by atoms with E-state index in [1.807, 2.05) is 0 Å². The molecule has 0 aliphatic carbocycles. The second-order valence-corrected chi connectivity index (χ2v) is 2.50. The average molecular weight is 194 g/mol. The zero-order valence-corrected chi connectivity index (χ0v) is 6.83. The van der Waals surface area contributed by atoms with Crippen molar-refractivity contribution in [2.45, 2.75) is 6.10 Å². The van der Waals surface area contributed by atoms with Gasteiger partial charge in [-0.25, -0.2) is 8.78 Å². The van der Waals surface area contributed by atoms with Gasteiger partial charge in [-0.15, -0.1) is 0 Å². The van der Waals surface area contributed by atoms with Gasteiger partial charge in [0.25, 0.3) is 0 Å². The molecule has 0 bridgehead atoms. The molecule has 70 valence electrons. The van der Waals surface area contributed by atoms with Crippen LogP contribution in [-0.2, 0) is 0 Å². The van der Waals surface area contributed by atoms with E-state index in [1.165, 1.54) is 12.1 Å². The van der Waals surface area contributed by atoms with Gasteiger partial charge in [0.1, 0.15) is 17.7 Å². The number of benzene rings is 1. The first kappa shape index (κ1) is 10.1. The lowest BCUT2D eigenvalue weighted by atomic mass is 10.1. The van der Waals surface area contributed by atoms with Crippen molar-refractivity contribution in [2.24, 2.45) is 0 Å². The predicted molar refractivity (Wildman–Crippen MR) is 41.6 cm³/mol. The maximum Gasteiger partial charge on any atom is 0.168 e. The van der Waals surface area contributed by atoms with E-state index in [4.69, 9.17) is 15.6 Å². The Balaban J connectivity index is 3.32. The number of hydrogen-bond donors (Lipinski definition) is 1. The highest BCUT2D eigenvalue weighted by molar-refractivity contribution is 5.36. The normalized spacial score (nSPS) is 11.5. The first-order valence-corrected chi connectivity index (χ1v) is 3.57. The number of nitrogens with zero attached hydrogens (tertiary/aromatic N) is 2. The summed E-state index contributed by atoms with van der Waals surface area (Å²) in [6, 6.07) is 4.08. The van der Waals surface area contributed by atoms with Gasteiger partial charge in [0.2, 0.25) is 0 Å². The molecule has 0 aromatic heterocycles. The van der Waals surface area contributed by atoms with E-state index in [-0.39, 0.29) is 0 Å². The summed E-state index contributed by atoms with van der Waals surface area (Å²) < 4.78 is 25.9. The lowest BCUT2D eigenvalue weighted by molar-refractivity contribution is 0.229. The summed E-state index contributed by atoms with van der Waals surface area (Å²) in [5.41, 5.74) is -0.930. The van der Waals surface area contributed by atoms with Crippen LogP contribution in [-0.4, -0.2) is 5.11 Å². The van der Waals surface area contributed by atoms with Crippen LogP contribution in [0.25, 0.3) is 0 Å². The van der Waals surface area contributed by atoms with Gasteiger partial charge >= 0.3 is 0 Å². The van der Waals surface area contributed by atoms with Gasteiger partial charge in [-0.3, -0.25) is 0 Å². The highest BCUT2D eigenvalue weighted by Gasteiger charge is 2.15. The first-order valence-electron chi connectivity index (χ1n) is 3.57. The molecule has 0 spiro atoms. The molecule has 5 heteroatoms. The fourth-order valence-electron chi connectivity index (χ4n) is 0.927. The molecule has 14 heavy (non-hydrogen) atoms. The van der Waals surface area contributed by atoms with Gasteiger partial charge in [0, 0.05) is 5.56 Å². The summed E-state index contributed by atoms with van der Waals surface area (Å²) >= 11 is 0. The lowest BCUT2D eigenvalue weighted by Crippen LogP contribution is -2.00. The zero-order valence-electron chi connectivity index (χ0n) is 6.83. The van der Waals surface area contributed by atoms with Crippen molar-refractivity contribution in [1.29, 1.82) is 10.5 Å². The van der Waals surface area contributed by atoms with E-state index in [9.17, 15) is 8.78 Å². The minimum atomic E-state index is -1.72. The Hall–Kier alpha value is -1.98. The van der Waals surface area contributed by atoms with Crippen molar-refractivity contribution in [3.8, 4) is 12.1 Å². The molecule has 0 radical (unpaired) electrons.